The Morgan fingerprint density at radius 2 is 1.00 bits per heavy atom. The minimum Gasteiger partial charge on any atom is -0.458 e. The van der Waals surface area contributed by atoms with Gasteiger partial charge in [-0.25, -0.2) is 9.36 Å². The zero-order valence-electron chi connectivity index (χ0n) is 37.5. The van der Waals surface area contributed by atoms with Crippen molar-refractivity contribution in [3.05, 3.63) is 72.9 Å². The Labute approximate surface area is 355 Å². The van der Waals surface area contributed by atoms with E-state index in [1.165, 1.54) is 122 Å². The predicted molar refractivity (Wildman–Crippen MR) is 242 cm³/mol. The molecule has 0 saturated heterocycles. The minimum atomic E-state index is -4.41. The molecule has 9 nitrogen and oxygen atoms in total. The highest BCUT2D eigenvalue weighted by Crippen LogP contribution is 2.43. The summed E-state index contributed by atoms with van der Waals surface area (Å²) in [6, 6.07) is 0. The van der Waals surface area contributed by atoms with Crippen molar-refractivity contribution in [1.82, 2.24) is 0 Å². The lowest BCUT2D eigenvalue weighted by Gasteiger charge is -2.24. The smallest absolute Gasteiger partial charge is 0.458 e. The van der Waals surface area contributed by atoms with Crippen molar-refractivity contribution in [2.45, 2.75) is 174 Å². The van der Waals surface area contributed by atoms with Gasteiger partial charge in [-0.1, -0.05) is 209 Å². The molecule has 0 rings (SSSR count). The fraction of sp³-hybridized carbons (Fsp3) is 0.708. The zero-order valence-corrected chi connectivity index (χ0v) is 38.4. The lowest BCUT2D eigenvalue weighted by molar-refractivity contribution is -0.870. The van der Waals surface area contributed by atoms with E-state index in [4.69, 9.17) is 18.5 Å². The number of likely N-dealkylation sites (N-methyl/N-ethyl adjacent to an activating group) is 1. The molecule has 0 fully saturated rings. The van der Waals surface area contributed by atoms with Crippen molar-refractivity contribution in [3.8, 4) is 0 Å². The lowest BCUT2D eigenvalue weighted by atomic mass is 10.0. The Kier molecular flexibility index (Phi) is 38.1. The molecule has 0 aliphatic carbocycles. The molecule has 0 aliphatic rings. The van der Waals surface area contributed by atoms with Gasteiger partial charge in [-0.2, -0.15) is 0 Å². The number of nitrogens with zero attached hydrogens (tertiary/aromatic N) is 1. The minimum absolute atomic E-state index is 0.00772. The summed E-state index contributed by atoms with van der Waals surface area (Å²) in [6.45, 7) is 4.22. The number of phosphoric acid groups is 1. The van der Waals surface area contributed by atoms with E-state index in [-0.39, 0.29) is 19.6 Å². The van der Waals surface area contributed by atoms with Crippen molar-refractivity contribution in [2.24, 2.45) is 0 Å². The van der Waals surface area contributed by atoms with Gasteiger partial charge >= 0.3 is 19.8 Å². The third kappa shape index (κ3) is 43.0. The highest BCUT2D eigenvalue weighted by Gasteiger charge is 2.26. The Hall–Kier alpha value is -2.55. The van der Waals surface area contributed by atoms with Crippen molar-refractivity contribution in [2.75, 3.05) is 47.5 Å². The molecule has 0 spiro atoms. The summed E-state index contributed by atoms with van der Waals surface area (Å²) in [5, 5.41) is 0. The summed E-state index contributed by atoms with van der Waals surface area (Å²) in [7, 11) is 1.40. The third-order valence-corrected chi connectivity index (χ3v) is 10.5. The van der Waals surface area contributed by atoms with Gasteiger partial charge in [0.05, 0.1) is 27.7 Å². The fourth-order valence-electron chi connectivity index (χ4n) is 5.91. The molecule has 0 amide bonds. The van der Waals surface area contributed by atoms with Crippen LogP contribution in [0.5, 0.6) is 0 Å². The average Bonchev–Trinajstić information content (AvgIpc) is 3.17. The van der Waals surface area contributed by atoms with Crippen LogP contribution >= 0.6 is 7.82 Å². The lowest BCUT2D eigenvalue weighted by Crippen LogP contribution is -2.37. The number of hydrogen-bond donors (Lipinski definition) is 1. The topological polar surface area (TPSA) is 108 Å². The Bertz CT molecular complexity index is 1220. The first-order chi connectivity index (χ1) is 28.0. The van der Waals surface area contributed by atoms with Crippen LogP contribution in [-0.4, -0.2) is 74.9 Å². The van der Waals surface area contributed by atoms with Gasteiger partial charge in [0.25, 0.3) is 0 Å². The predicted octanol–water partition coefficient (Wildman–Crippen LogP) is 13.0. The molecule has 2 atom stereocenters. The van der Waals surface area contributed by atoms with Gasteiger partial charge in [-0.3, -0.25) is 13.8 Å². The summed E-state index contributed by atoms with van der Waals surface area (Å²) >= 11 is 0. The summed E-state index contributed by atoms with van der Waals surface area (Å²) in [6.07, 6.45) is 50.2. The second-order valence-electron chi connectivity index (χ2n) is 16.3. The van der Waals surface area contributed by atoms with Gasteiger partial charge in [0.15, 0.2) is 6.10 Å². The molecule has 0 aromatic rings. The van der Waals surface area contributed by atoms with Crippen LogP contribution in [0.25, 0.3) is 0 Å². The number of ether oxygens (including phenoxy) is 2. The largest absolute Gasteiger partial charge is 0.472 e. The van der Waals surface area contributed by atoms with Crippen molar-refractivity contribution in [1.29, 1.82) is 0 Å². The van der Waals surface area contributed by atoms with Crippen LogP contribution in [0.4, 0.5) is 0 Å². The number of hydrogen-bond acceptors (Lipinski definition) is 7. The number of quaternary nitrogens is 1. The highest BCUT2D eigenvalue weighted by molar-refractivity contribution is 7.47. The van der Waals surface area contributed by atoms with E-state index in [1.54, 1.807) is 18.2 Å². The average molecular weight is 835 g/mol. The van der Waals surface area contributed by atoms with E-state index >= 15 is 0 Å². The molecule has 1 N–H and O–H groups in total. The van der Waals surface area contributed by atoms with Gasteiger partial charge in [-0.15, -0.1) is 0 Å². The number of unbranched alkanes of at least 4 members (excludes halogenated alkanes) is 21. The van der Waals surface area contributed by atoms with Gasteiger partial charge in [-0.05, 0) is 19.3 Å². The molecule has 0 bridgehead atoms. The first-order valence-corrected chi connectivity index (χ1v) is 24.3. The maximum Gasteiger partial charge on any atom is 0.472 e. The van der Waals surface area contributed by atoms with E-state index in [0.29, 0.717) is 17.4 Å². The first kappa shape index (κ1) is 55.5. The molecule has 0 aromatic carbocycles. The molecule has 0 aromatic heterocycles. The van der Waals surface area contributed by atoms with E-state index in [1.807, 2.05) is 57.6 Å². The number of carbonyl (C=O) groups excluding carboxylic acids is 2. The van der Waals surface area contributed by atoms with Crippen molar-refractivity contribution in [3.63, 3.8) is 0 Å². The molecule has 0 saturated carbocycles. The second kappa shape index (κ2) is 39.9. The summed E-state index contributed by atoms with van der Waals surface area (Å²) < 4.78 is 34.1. The summed E-state index contributed by atoms with van der Waals surface area (Å²) in [4.78, 5) is 35.2. The molecule has 10 heteroatoms. The summed E-state index contributed by atoms with van der Waals surface area (Å²) in [5.74, 6) is -1.11. The van der Waals surface area contributed by atoms with E-state index < -0.39 is 32.5 Å². The quantitative estimate of drug-likeness (QED) is 0.0162. The molecule has 0 radical (unpaired) electrons. The van der Waals surface area contributed by atoms with Crippen LogP contribution in [0.3, 0.4) is 0 Å². The van der Waals surface area contributed by atoms with Gasteiger partial charge < -0.3 is 18.9 Å². The zero-order chi connectivity index (χ0) is 42.8. The van der Waals surface area contributed by atoms with E-state index in [2.05, 4.69) is 26.0 Å². The van der Waals surface area contributed by atoms with Crippen LogP contribution in [0.2, 0.25) is 0 Å². The van der Waals surface area contributed by atoms with Gasteiger partial charge in [0, 0.05) is 12.5 Å². The Morgan fingerprint density at radius 3 is 1.48 bits per heavy atom. The van der Waals surface area contributed by atoms with Crippen LogP contribution < -0.4 is 0 Å². The Morgan fingerprint density at radius 1 is 0.569 bits per heavy atom. The normalized spacial score (nSPS) is 14.2. The first-order valence-electron chi connectivity index (χ1n) is 22.8. The fourth-order valence-corrected chi connectivity index (χ4v) is 6.65. The number of phosphoric ester groups is 1. The van der Waals surface area contributed by atoms with Crippen LogP contribution in [0.15, 0.2) is 72.9 Å². The monoisotopic (exact) mass is 835 g/mol. The van der Waals surface area contributed by atoms with E-state index in [9.17, 15) is 19.0 Å². The maximum atomic E-state index is 12.7. The SMILES string of the molecule is CCCCCCCCCC=CC=CC=CC=CC=CC=CC(=O)OC[C@H](COP(=O)(O)OCC[N+](C)(C)C)OC(=O)CCCCCCCCCCCCCCCCC. The number of rotatable bonds is 40. The van der Waals surface area contributed by atoms with Crippen molar-refractivity contribution >= 4 is 19.8 Å². The molecular formula is C48H85NO8P+. The number of carbonyl (C=O) groups is 2. The van der Waals surface area contributed by atoms with Gasteiger partial charge in [0.2, 0.25) is 0 Å². The van der Waals surface area contributed by atoms with Crippen LogP contribution in [0, 0.1) is 0 Å². The van der Waals surface area contributed by atoms with Crippen LogP contribution in [-0.2, 0) is 32.7 Å². The highest BCUT2D eigenvalue weighted by atomic mass is 31.2. The van der Waals surface area contributed by atoms with Gasteiger partial charge in [0.1, 0.15) is 19.8 Å². The molecule has 334 valence electrons. The molecule has 58 heavy (non-hydrogen) atoms. The Balaban J connectivity index is 4.58. The molecular weight excluding hydrogens is 750 g/mol. The molecule has 0 heterocycles. The number of allylic oxidation sites excluding steroid dienone is 11. The number of esters is 2. The van der Waals surface area contributed by atoms with E-state index in [0.717, 1.165) is 25.7 Å². The third-order valence-electron chi connectivity index (χ3n) is 9.48. The summed E-state index contributed by atoms with van der Waals surface area (Å²) in [5.41, 5.74) is 0. The van der Waals surface area contributed by atoms with Crippen molar-refractivity contribution < 1.29 is 42.1 Å². The second-order valence-corrected chi connectivity index (χ2v) is 17.7. The van der Waals surface area contributed by atoms with Crippen LogP contribution in [0.1, 0.15) is 168 Å². The molecule has 0 aliphatic heterocycles. The molecule has 1 unspecified atom stereocenters. The standard InChI is InChI=1S/C48H84NO8P/c1-6-8-10-12-14-16-18-20-22-23-24-25-27-28-30-32-34-36-38-40-47(50)54-44-46(45-56-58(52,53)55-43-42-49(3,4)5)57-48(51)41-39-37-35-33-31-29-26-21-19-17-15-13-11-9-7-2/h22-25,27-28,30,32,34,36,38,40,46H,6-21,26,29,31,33,35,37,39,41-45H2,1-5H3/p+1/t46-/m1/s1. The maximum absolute atomic E-state index is 12.7.